The molecule has 0 unspecified atom stereocenters. The molecule has 0 N–H and O–H groups in total. The Morgan fingerprint density at radius 3 is 2.32 bits per heavy atom. The van der Waals surface area contributed by atoms with Gasteiger partial charge in [-0.3, -0.25) is 0 Å². The van der Waals surface area contributed by atoms with Crippen LogP contribution in [0.15, 0.2) is 35.5 Å². The molecule has 1 aromatic carbocycles. The standard InChI is InChI=1S/C13H17N5O3S/c1-10-7-17(8-11(2)21-10)22(19,20)13-5-3-12(4-6-13)18-9-14-15-16-18/h3-6,9-11H,7-8H2,1-2H3/t10-,11+. The number of sulfonamides is 1. The molecule has 1 aromatic heterocycles. The van der Waals surface area contributed by atoms with Crippen LogP contribution in [0, 0.1) is 0 Å². The van der Waals surface area contributed by atoms with E-state index >= 15 is 0 Å². The maximum Gasteiger partial charge on any atom is 0.243 e. The summed E-state index contributed by atoms with van der Waals surface area (Å²) in [7, 11) is -3.52. The number of tetrazole rings is 1. The first-order chi connectivity index (χ1) is 10.5. The molecule has 0 saturated carbocycles. The van der Waals surface area contributed by atoms with Crippen molar-refractivity contribution in [1.29, 1.82) is 0 Å². The molecule has 1 aliphatic rings. The second-order valence-electron chi connectivity index (χ2n) is 5.33. The van der Waals surface area contributed by atoms with Crippen LogP contribution >= 0.6 is 0 Å². The second-order valence-corrected chi connectivity index (χ2v) is 7.27. The van der Waals surface area contributed by atoms with Gasteiger partial charge < -0.3 is 4.74 Å². The Morgan fingerprint density at radius 1 is 1.14 bits per heavy atom. The van der Waals surface area contributed by atoms with Gasteiger partial charge in [0.2, 0.25) is 10.0 Å². The fraction of sp³-hybridized carbons (Fsp3) is 0.462. The number of hydrogen-bond acceptors (Lipinski definition) is 6. The van der Waals surface area contributed by atoms with Crippen molar-refractivity contribution in [3.05, 3.63) is 30.6 Å². The SMILES string of the molecule is C[C@@H]1CN(S(=O)(=O)c2ccc(-n3cnnn3)cc2)C[C@H](C)O1. The maximum atomic E-state index is 12.7. The molecule has 0 bridgehead atoms. The summed E-state index contributed by atoms with van der Waals surface area (Å²) in [6, 6.07) is 6.49. The van der Waals surface area contributed by atoms with E-state index in [0.717, 1.165) is 0 Å². The van der Waals surface area contributed by atoms with Crippen molar-refractivity contribution in [3.63, 3.8) is 0 Å². The highest BCUT2D eigenvalue weighted by Crippen LogP contribution is 2.21. The van der Waals surface area contributed by atoms with Gasteiger partial charge in [-0.05, 0) is 48.5 Å². The molecule has 9 heteroatoms. The van der Waals surface area contributed by atoms with Gasteiger partial charge in [0, 0.05) is 13.1 Å². The van der Waals surface area contributed by atoms with Gasteiger partial charge in [-0.2, -0.15) is 4.31 Å². The summed E-state index contributed by atoms with van der Waals surface area (Å²) in [5.74, 6) is 0. The summed E-state index contributed by atoms with van der Waals surface area (Å²) in [6.07, 6.45) is 1.23. The van der Waals surface area contributed by atoms with E-state index in [9.17, 15) is 8.42 Å². The lowest BCUT2D eigenvalue weighted by atomic mass is 10.3. The second kappa shape index (κ2) is 5.75. The molecule has 3 rings (SSSR count). The van der Waals surface area contributed by atoms with Crippen molar-refractivity contribution in [1.82, 2.24) is 24.5 Å². The van der Waals surface area contributed by atoms with Crippen molar-refractivity contribution in [2.75, 3.05) is 13.1 Å². The van der Waals surface area contributed by atoms with Gasteiger partial charge in [-0.1, -0.05) is 0 Å². The van der Waals surface area contributed by atoms with Crippen LogP contribution in [0.25, 0.3) is 5.69 Å². The molecule has 22 heavy (non-hydrogen) atoms. The van der Waals surface area contributed by atoms with E-state index < -0.39 is 10.0 Å². The molecule has 1 aliphatic heterocycles. The zero-order valence-corrected chi connectivity index (χ0v) is 13.1. The first-order valence-electron chi connectivity index (χ1n) is 6.96. The Morgan fingerprint density at radius 2 is 1.77 bits per heavy atom. The van der Waals surface area contributed by atoms with Crippen molar-refractivity contribution in [3.8, 4) is 5.69 Å². The molecule has 2 atom stereocenters. The van der Waals surface area contributed by atoms with Crippen LogP contribution in [0.4, 0.5) is 0 Å². The van der Waals surface area contributed by atoms with Crippen LogP contribution in [0.3, 0.4) is 0 Å². The minimum absolute atomic E-state index is 0.112. The zero-order valence-electron chi connectivity index (χ0n) is 12.3. The van der Waals surface area contributed by atoms with E-state index in [1.54, 1.807) is 24.3 Å². The van der Waals surface area contributed by atoms with Gasteiger partial charge in [0.05, 0.1) is 22.8 Å². The predicted molar refractivity (Wildman–Crippen MR) is 77.9 cm³/mol. The van der Waals surface area contributed by atoms with E-state index in [4.69, 9.17) is 4.74 Å². The van der Waals surface area contributed by atoms with Crippen LogP contribution in [0.2, 0.25) is 0 Å². The zero-order chi connectivity index (χ0) is 15.7. The average molecular weight is 323 g/mol. The number of benzene rings is 1. The van der Waals surface area contributed by atoms with Crippen molar-refractivity contribution < 1.29 is 13.2 Å². The number of hydrogen-bond donors (Lipinski definition) is 0. The third-order valence-electron chi connectivity index (χ3n) is 3.47. The Hall–Kier alpha value is -1.84. The van der Waals surface area contributed by atoms with Crippen LogP contribution in [-0.2, 0) is 14.8 Å². The molecule has 1 saturated heterocycles. The summed E-state index contributed by atoms with van der Waals surface area (Å²) in [4.78, 5) is 0.255. The highest BCUT2D eigenvalue weighted by Gasteiger charge is 2.32. The number of aromatic nitrogens is 4. The Labute approximate surface area is 128 Å². The van der Waals surface area contributed by atoms with Gasteiger partial charge in [0.15, 0.2) is 0 Å². The molecule has 0 radical (unpaired) electrons. The van der Waals surface area contributed by atoms with E-state index in [-0.39, 0.29) is 17.1 Å². The number of ether oxygens (including phenoxy) is 1. The monoisotopic (exact) mass is 323 g/mol. The molecule has 118 valence electrons. The third kappa shape index (κ3) is 2.87. The van der Waals surface area contributed by atoms with E-state index in [2.05, 4.69) is 15.5 Å². The average Bonchev–Trinajstić information content (AvgIpc) is 3.00. The van der Waals surface area contributed by atoms with E-state index in [0.29, 0.717) is 18.8 Å². The highest BCUT2D eigenvalue weighted by atomic mass is 32.2. The molecule has 0 spiro atoms. The minimum Gasteiger partial charge on any atom is -0.373 e. The summed E-state index contributed by atoms with van der Waals surface area (Å²) < 4.78 is 33.9. The molecular formula is C13H17N5O3S. The first kappa shape index (κ1) is 15.1. The molecule has 2 aromatic rings. The first-order valence-corrected chi connectivity index (χ1v) is 8.40. The molecule has 0 aliphatic carbocycles. The predicted octanol–water partition coefficient (Wildman–Crippen LogP) is 0.460. The topological polar surface area (TPSA) is 90.2 Å². The quantitative estimate of drug-likeness (QED) is 0.815. The largest absolute Gasteiger partial charge is 0.373 e. The fourth-order valence-electron chi connectivity index (χ4n) is 2.53. The maximum absolute atomic E-state index is 12.7. The summed E-state index contributed by atoms with van der Waals surface area (Å²) in [5.41, 5.74) is 0.702. The smallest absolute Gasteiger partial charge is 0.243 e. The van der Waals surface area contributed by atoms with Crippen molar-refractivity contribution in [2.24, 2.45) is 0 Å². The summed E-state index contributed by atoms with van der Waals surface area (Å²) in [6.45, 7) is 4.47. The summed E-state index contributed by atoms with van der Waals surface area (Å²) >= 11 is 0. The Bertz CT molecular complexity index is 720. The molecular weight excluding hydrogens is 306 g/mol. The Kier molecular flexibility index (Phi) is 3.94. The van der Waals surface area contributed by atoms with Crippen LogP contribution in [-0.4, -0.2) is 58.2 Å². The number of nitrogens with zero attached hydrogens (tertiary/aromatic N) is 5. The number of morpholine rings is 1. The molecule has 8 nitrogen and oxygen atoms in total. The lowest BCUT2D eigenvalue weighted by molar-refractivity contribution is -0.0440. The lowest BCUT2D eigenvalue weighted by Crippen LogP contribution is -2.48. The summed E-state index contributed by atoms with van der Waals surface area (Å²) in [5, 5.41) is 10.9. The van der Waals surface area contributed by atoms with Gasteiger partial charge >= 0.3 is 0 Å². The third-order valence-corrected chi connectivity index (χ3v) is 5.32. The van der Waals surface area contributed by atoms with Gasteiger partial charge in [0.1, 0.15) is 6.33 Å². The van der Waals surface area contributed by atoms with E-state index in [1.807, 2.05) is 13.8 Å². The van der Waals surface area contributed by atoms with Crippen LogP contribution in [0.5, 0.6) is 0 Å². The molecule has 1 fully saturated rings. The van der Waals surface area contributed by atoms with E-state index in [1.165, 1.54) is 15.3 Å². The Balaban J connectivity index is 1.86. The van der Waals surface area contributed by atoms with Crippen molar-refractivity contribution >= 4 is 10.0 Å². The molecule has 2 heterocycles. The van der Waals surface area contributed by atoms with Gasteiger partial charge in [0.25, 0.3) is 0 Å². The number of rotatable bonds is 3. The van der Waals surface area contributed by atoms with Crippen LogP contribution in [0.1, 0.15) is 13.8 Å². The van der Waals surface area contributed by atoms with Crippen LogP contribution < -0.4 is 0 Å². The van der Waals surface area contributed by atoms with Gasteiger partial charge in [-0.15, -0.1) is 5.10 Å². The minimum atomic E-state index is -3.52. The van der Waals surface area contributed by atoms with Crippen molar-refractivity contribution in [2.45, 2.75) is 31.0 Å². The highest BCUT2D eigenvalue weighted by molar-refractivity contribution is 7.89. The lowest BCUT2D eigenvalue weighted by Gasteiger charge is -2.34. The normalized spacial score (nSPS) is 23.5. The fourth-order valence-corrected chi connectivity index (χ4v) is 4.12. The van der Waals surface area contributed by atoms with Gasteiger partial charge in [-0.25, -0.2) is 13.1 Å². The molecule has 0 amide bonds.